The first-order valence-corrected chi connectivity index (χ1v) is 7.72. The van der Waals surface area contributed by atoms with E-state index in [1.165, 1.54) is 4.31 Å². The van der Waals surface area contributed by atoms with E-state index in [9.17, 15) is 12.8 Å². The van der Waals surface area contributed by atoms with Gasteiger partial charge in [-0.15, -0.1) is 11.6 Å². The number of hydrogen-bond donors (Lipinski definition) is 0. The Hall–Kier alpha value is -0.760. The first-order valence-electron chi connectivity index (χ1n) is 5.75. The number of alkyl halides is 1. The molecule has 0 bridgehead atoms. The summed E-state index contributed by atoms with van der Waals surface area (Å²) in [6, 6.07) is 0.632. The first kappa shape index (κ1) is 14.6. The summed E-state index contributed by atoms with van der Waals surface area (Å²) in [7, 11) is -3.78. The number of hydrogen-bond acceptors (Lipinski definition) is 4. The number of pyridine rings is 1. The Morgan fingerprint density at radius 2 is 2.32 bits per heavy atom. The SMILES string of the molecule is CC1COC(CCl)CN1S(=O)(=O)c1cncc(F)c1. The number of rotatable bonds is 3. The van der Waals surface area contributed by atoms with Crippen molar-refractivity contribution in [3.8, 4) is 0 Å². The van der Waals surface area contributed by atoms with Crippen LogP contribution in [-0.2, 0) is 14.8 Å². The van der Waals surface area contributed by atoms with Gasteiger partial charge in [0.2, 0.25) is 10.0 Å². The van der Waals surface area contributed by atoms with Crippen LogP contribution in [0, 0.1) is 5.82 Å². The van der Waals surface area contributed by atoms with Gasteiger partial charge in [-0.2, -0.15) is 4.31 Å². The van der Waals surface area contributed by atoms with Crippen LogP contribution in [0.15, 0.2) is 23.4 Å². The van der Waals surface area contributed by atoms with Gasteiger partial charge in [0.05, 0.1) is 18.9 Å². The van der Waals surface area contributed by atoms with Gasteiger partial charge < -0.3 is 4.74 Å². The van der Waals surface area contributed by atoms with Crippen LogP contribution in [-0.4, -0.2) is 48.9 Å². The lowest BCUT2D eigenvalue weighted by atomic mass is 10.2. The minimum absolute atomic E-state index is 0.156. The Kier molecular flexibility index (Phi) is 4.39. The van der Waals surface area contributed by atoms with Crippen molar-refractivity contribution >= 4 is 21.6 Å². The molecule has 0 saturated carbocycles. The quantitative estimate of drug-likeness (QED) is 0.788. The lowest BCUT2D eigenvalue weighted by molar-refractivity contribution is -0.0152. The fraction of sp³-hybridized carbons (Fsp3) is 0.545. The standard InChI is InChI=1S/C11H14ClFN2O3S/c1-8-7-18-10(3-12)6-15(8)19(16,17)11-2-9(13)4-14-5-11/h2,4-5,8,10H,3,6-7H2,1H3. The predicted octanol–water partition coefficient (Wildman–Crippen LogP) is 1.24. The summed E-state index contributed by atoms with van der Waals surface area (Å²) >= 11 is 5.70. The molecule has 1 aliphatic rings. The Balaban J connectivity index is 2.32. The van der Waals surface area contributed by atoms with Crippen LogP contribution in [0.1, 0.15) is 6.92 Å². The summed E-state index contributed by atoms with van der Waals surface area (Å²) in [5.74, 6) is -0.476. The minimum Gasteiger partial charge on any atom is -0.374 e. The van der Waals surface area contributed by atoms with Crippen molar-refractivity contribution in [1.29, 1.82) is 0 Å². The van der Waals surface area contributed by atoms with Gasteiger partial charge in [-0.25, -0.2) is 12.8 Å². The summed E-state index contributed by atoms with van der Waals surface area (Å²) in [5, 5.41) is 0. The number of sulfonamides is 1. The summed E-state index contributed by atoms with van der Waals surface area (Å²) in [5.41, 5.74) is 0. The minimum atomic E-state index is -3.78. The number of halogens is 2. The number of nitrogens with zero attached hydrogens (tertiary/aromatic N) is 2. The Labute approximate surface area is 116 Å². The van der Waals surface area contributed by atoms with E-state index in [1.54, 1.807) is 6.92 Å². The molecule has 8 heteroatoms. The smallest absolute Gasteiger partial charge is 0.245 e. The molecular formula is C11H14ClFN2O3S. The third kappa shape index (κ3) is 3.05. The first-order chi connectivity index (χ1) is 8.95. The lowest BCUT2D eigenvalue weighted by Crippen LogP contribution is -2.51. The Bertz CT molecular complexity index is 555. The van der Waals surface area contributed by atoms with Gasteiger partial charge in [0.25, 0.3) is 0 Å². The van der Waals surface area contributed by atoms with E-state index >= 15 is 0 Å². The van der Waals surface area contributed by atoms with Gasteiger partial charge in [0.15, 0.2) is 0 Å². The highest BCUT2D eigenvalue weighted by Gasteiger charge is 2.35. The van der Waals surface area contributed by atoms with E-state index in [0.717, 1.165) is 18.5 Å². The van der Waals surface area contributed by atoms with Gasteiger partial charge in [0.1, 0.15) is 10.7 Å². The van der Waals surface area contributed by atoms with Crippen molar-refractivity contribution in [2.45, 2.75) is 24.0 Å². The van der Waals surface area contributed by atoms with E-state index < -0.39 is 15.8 Å². The van der Waals surface area contributed by atoms with Crippen molar-refractivity contribution in [3.63, 3.8) is 0 Å². The average molecular weight is 309 g/mol. The molecule has 5 nitrogen and oxygen atoms in total. The zero-order valence-corrected chi connectivity index (χ0v) is 11.9. The maximum absolute atomic E-state index is 13.1. The molecule has 0 radical (unpaired) electrons. The monoisotopic (exact) mass is 308 g/mol. The molecule has 2 rings (SSSR count). The molecular weight excluding hydrogens is 295 g/mol. The molecule has 1 aliphatic heterocycles. The van der Waals surface area contributed by atoms with Crippen molar-refractivity contribution in [3.05, 3.63) is 24.3 Å². The van der Waals surface area contributed by atoms with Crippen molar-refractivity contribution in [1.82, 2.24) is 9.29 Å². The molecule has 1 saturated heterocycles. The number of aromatic nitrogens is 1. The van der Waals surface area contributed by atoms with Crippen LogP contribution >= 0.6 is 11.6 Å². The number of ether oxygens (including phenoxy) is 1. The summed E-state index contributed by atoms with van der Waals surface area (Å²) in [6.45, 7) is 2.15. The van der Waals surface area contributed by atoms with Crippen molar-refractivity contribution in [2.24, 2.45) is 0 Å². The fourth-order valence-electron chi connectivity index (χ4n) is 1.89. The highest BCUT2D eigenvalue weighted by Crippen LogP contribution is 2.22. The predicted molar refractivity (Wildman–Crippen MR) is 68.0 cm³/mol. The van der Waals surface area contributed by atoms with Crippen LogP contribution in [0.4, 0.5) is 4.39 Å². The summed E-state index contributed by atoms with van der Waals surface area (Å²) in [4.78, 5) is 3.41. The van der Waals surface area contributed by atoms with Crippen LogP contribution in [0.2, 0.25) is 0 Å². The zero-order valence-electron chi connectivity index (χ0n) is 10.3. The van der Waals surface area contributed by atoms with Gasteiger partial charge in [-0.05, 0) is 13.0 Å². The van der Waals surface area contributed by atoms with Crippen molar-refractivity contribution < 1.29 is 17.5 Å². The molecule has 19 heavy (non-hydrogen) atoms. The maximum atomic E-state index is 13.1. The third-order valence-corrected chi connectivity index (χ3v) is 5.20. The fourth-order valence-corrected chi connectivity index (χ4v) is 3.70. The van der Waals surface area contributed by atoms with Crippen LogP contribution in [0.3, 0.4) is 0 Å². The van der Waals surface area contributed by atoms with E-state index in [0.29, 0.717) is 0 Å². The lowest BCUT2D eigenvalue weighted by Gasteiger charge is -2.36. The zero-order chi connectivity index (χ0) is 14.0. The molecule has 0 aromatic carbocycles. The summed E-state index contributed by atoms with van der Waals surface area (Å²) in [6.07, 6.45) is 1.74. The normalized spacial score (nSPS) is 25.4. The summed E-state index contributed by atoms with van der Waals surface area (Å²) < 4.78 is 44.7. The van der Waals surface area contributed by atoms with E-state index in [2.05, 4.69) is 4.98 Å². The topological polar surface area (TPSA) is 59.5 Å². The molecule has 0 aliphatic carbocycles. The molecule has 0 amide bonds. The third-order valence-electron chi connectivity index (χ3n) is 2.91. The average Bonchev–Trinajstić information content (AvgIpc) is 2.39. The number of morpholine rings is 1. The molecule has 2 atom stereocenters. The second-order valence-electron chi connectivity index (χ2n) is 4.37. The highest BCUT2D eigenvalue weighted by molar-refractivity contribution is 7.89. The van der Waals surface area contributed by atoms with Crippen LogP contribution < -0.4 is 0 Å². The van der Waals surface area contributed by atoms with E-state index in [4.69, 9.17) is 16.3 Å². The van der Waals surface area contributed by atoms with Gasteiger partial charge >= 0.3 is 0 Å². The molecule has 0 spiro atoms. The second-order valence-corrected chi connectivity index (χ2v) is 6.57. The Morgan fingerprint density at radius 1 is 1.58 bits per heavy atom. The highest BCUT2D eigenvalue weighted by atomic mass is 35.5. The maximum Gasteiger partial charge on any atom is 0.245 e. The molecule has 1 aromatic rings. The molecule has 1 aromatic heterocycles. The van der Waals surface area contributed by atoms with Gasteiger partial charge in [0, 0.05) is 24.7 Å². The van der Waals surface area contributed by atoms with Gasteiger partial charge in [-0.1, -0.05) is 0 Å². The molecule has 2 unspecified atom stereocenters. The van der Waals surface area contributed by atoms with Crippen LogP contribution in [0.5, 0.6) is 0 Å². The molecule has 1 fully saturated rings. The molecule has 106 valence electrons. The van der Waals surface area contributed by atoms with Crippen molar-refractivity contribution in [2.75, 3.05) is 19.0 Å². The molecule has 2 heterocycles. The molecule has 0 N–H and O–H groups in total. The van der Waals surface area contributed by atoms with Gasteiger partial charge in [-0.3, -0.25) is 4.98 Å². The van der Waals surface area contributed by atoms with E-state index in [-0.39, 0.29) is 36.1 Å². The Morgan fingerprint density at radius 3 is 2.95 bits per heavy atom. The second kappa shape index (κ2) is 5.70. The largest absolute Gasteiger partial charge is 0.374 e. The van der Waals surface area contributed by atoms with Crippen LogP contribution in [0.25, 0.3) is 0 Å². The van der Waals surface area contributed by atoms with E-state index in [1.807, 2.05) is 0 Å².